The Labute approximate surface area is 313 Å². The lowest BCUT2D eigenvalue weighted by molar-refractivity contribution is -0.137. The van der Waals surface area contributed by atoms with Gasteiger partial charge in [-0.15, -0.1) is 0 Å². The Morgan fingerprint density at radius 1 is 0.830 bits per heavy atom. The quantitative estimate of drug-likeness (QED) is 0.133. The molecule has 0 aromatic heterocycles. The summed E-state index contributed by atoms with van der Waals surface area (Å²) in [4.78, 5) is 80.2. The average Bonchev–Trinajstić information content (AvgIpc) is 3.31. The molecule has 294 valence electrons. The van der Waals surface area contributed by atoms with Crippen molar-refractivity contribution in [1.82, 2.24) is 20.4 Å². The molecule has 14 nitrogen and oxygen atoms in total. The van der Waals surface area contributed by atoms with Crippen molar-refractivity contribution in [2.75, 3.05) is 25.0 Å². The topological polar surface area (TPSA) is 173 Å². The van der Waals surface area contributed by atoms with Crippen LogP contribution in [0, 0.1) is 11.8 Å². The fourth-order valence-corrected chi connectivity index (χ4v) is 7.13. The molecule has 0 radical (unpaired) electrons. The van der Waals surface area contributed by atoms with Gasteiger partial charge in [0.05, 0.1) is 6.04 Å². The van der Waals surface area contributed by atoms with Crippen LogP contribution in [0.25, 0.3) is 0 Å². The zero-order chi connectivity index (χ0) is 39.3. The number of carbonyl (C=O) groups excluding carboxylic acids is 6. The second-order valence-corrected chi connectivity index (χ2v) is 17.3. The van der Waals surface area contributed by atoms with E-state index >= 15 is 0 Å². The van der Waals surface area contributed by atoms with Crippen LogP contribution in [0.3, 0.4) is 0 Å². The van der Waals surface area contributed by atoms with Gasteiger partial charge in [-0.25, -0.2) is 19.3 Å². The van der Waals surface area contributed by atoms with Crippen LogP contribution in [0.15, 0.2) is 18.2 Å². The Morgan fingerprint density at radius 2 is 1.43 bits per heavy atom. The van der Waals surface area contributed by atoms with E-state index in [0.29, 0.717) is 31.5 Å². The van der Waals surface area contributed by atoms with Crippen molar-refractivity contribution in [3.8, 4) is 0 Å². The Balaban J connectivity index is 1.48. The lowest BCUT2D eigenvalue weighted by Crippen LogP contribution is -2.54. The molecule has 0 unspecified atom stereocenters. The Hall–Kier alpha value is -4.36. The number of hydrogen-bond donors (Lipinski definition) is 3. The molecule has 14 heteroatoms. The number of rotatable bonds is 10. The summed E-state index contributed by atoms with van der Waals surface area (Å²) in [5.74, 6) is -0.751. The number of amides is 6. The summed E-state index contributed by atoms with van der Waals surface area (Å²) >= 11 is 0. The molecule has 1 saturated heterocycles. The van der Waals surface area contributed by atoms with Gasteiger partial charge in [-0.05, 0) is 131 Å². The molecule has 1 aromatic carbocycles. The van der Waals surface area contributed by atoms with E-state index in [1.165, 1.54) is 0 Å². The first-order valence-corrected chi connectivity index (χ1v) is 18.9. The zero-order valence-corrected chi connectivity index (χ0v) is 32.9. The number of unbranched alkanes of at least 4 members (excludes halogenated alkanes) is 1. The maximum Gasteiger partial charge on any atom is 0.419 e. The number of ether oxygens (including phenoxy) is 3. The van der Waals surface area contributed by atoms with E-state index < -0.39 is 47.0 Å². The van der Waals surface area contributed by atoms with E-state index in [-0.39, 0.29) is 49.1 Å². The standard InChI is InChI=1S/C39H59N5O9/c1-37(2,3)51-34(48)41-23-24-15-17-25(18-16-24)31-30-26(33(47)44(31)28-19-20-29(45)42-32(28)46)13-12-14-27(30)40-21-10-11-22-43(35(49)52-38(4,5)6)36(50)53-39(7,8)9/h12-14,24-25,28,31,40H,10-11,15-23H2,1-9H3,(H,41,48)(H,42,45,46)/t24?,25?,28-,31-/m0/s1. The third kappa shape index (κ3) is 11.6. The van der Waals surface area contributed by atoms with Gasteiger partial charge in [0, 0.05) is 42.9 Å². The second-order valence-electron chi connectivity index (χ2n) is 17.3. The monoisotopic (exact) mass is 741 g/mol. The minimum atomic E-state index is -0.793. The van der Waals surface area contributed by atoms with Gasteiger partial charge in [-0.1, -0.05) is 6.07 Å². The molecule has 2 atom stereocenters. The van der Waals surface area contributed by atoms with Crippen LogP contribution in [-0.4, -0.2) is 88.3 Å². The van der Waals surface area contributed by atoms with E-state index in [9.17, 15) is 28.8 Å². The Morgan fingerprint density at radius 3 is 2.00 bits per heavy atom. The highest BCUT2D eigenvalue weighted by Gasteiger charge is 2.49. The van der Waals surface area contributed by atoms with E-state index in [4.69, 9.17) is 14.2 Å². The highest BCUT2D eigenvalue weighted by Crippen LogP contribution is 2.49. The molecule has 4 rings (SSSR count). The van der Waals surface area contributed by atoms with Crippen LogP contribution in [0.2, 0.25) is 0 Å². The van der Waals surface area contributed by atoms with Crippen molar-refractivity contribution in [2.24, 2.45) is 11.8 Å². The van der Waals surface area contributed by atoms with Crippen molar-refractivity contribution < 1.29 is 43.0 Å². The summed E-state index contributed by atoms with van der Waals surface area (Å²) in [5.41, 5.74) is -0.0333. The van der Waals surface area contributed by atoms with Crippen molar-refractivity contribution in [3.05, 3.63) is 29.3 Å². The number of fused-ring (bicyclic) bond motifs is 1. The van der Waals surface area contributed by atoms with Crippen LogP contribution in [0.4, 0.5) is 20.1 Å². The largest absolute Gasteiger partial charge is 0.444 e. The van der Waals surface area contributed by atoms with Gasteiger partial charge in [0.15, 0.2) is 0 Å². The fraction of sp³-hybridized carbons (Fsp3) is 0.692. The third-order valence-electron chi connectivity index (χ3n) is 9.34. The van der Waals surface area contributed by atoms with Crippen LogP contribution >= 0.6 is 0 Å². The van der Waals surface area contributed by atoms with Gasteiger partial charge in [0.25, 0.3) is 5.91 Å². The summed E-state index contributed by atoms with van der Waals surface area (Å²) < 4.78 is 16.4. The van der Waals surface area contributed by atoms with Crippen LogP contribution in [0.1, 0.15) is 136 Å². The van der Waals surface area contributed by atoms with Gasteiger partial charge < -0.3 is 29.7 Å². The van der Waals surface area contributed by atoms with E-state index in [1.54, 1.807) is 52.5 Å². The van der Waals surface area contributed by atoms with Gasteiger partial charge >= 0.3 is 18.3 Å². The molecule has 3 aliphatic rings. The van der Waals surface area contributed by atoms with E-state index in [0.717, 1.165) is 41.8 Å². The molecule has 0 spiro atoms. The van der Waals surface area contributed by atoms with E-state index in [1.807, 2.05) is 32.9 Å². The molecule has 53 heavy (non-hydrogen) atoms. The van der Waals surface area contributed by atoms with Crippen molar-refractivity contribution >= 4 is 41.7 Å². The smallest absolute Gasteiger partial charge is 0.419 e. The van der Waals surface area contributed by atoms with Gasteiger partial charge in [0.1, 0.15) is 22.8 Å². The van der Waals surface area contributed by atoms with Crippen LogP contribution < -0.4 is 16.0 Å². The molecule has 2 fully saturated rings. The second kappa shape index (κ2) is 16.8. The molecule has 3 N–H and O–H groups in total. The predicted molar refractivity (Wildman–Crippen MR) is 198 cm³/mol. The number of anilines is 1. The fourth-order valence-electron chi connectivity index (χ4n) is 7.13. The number of nitrogens with zero attached hydrogens (tertiary/aromatic N) is 2. The van der Waals surface area contributed by atoms with Gasteiger partial charge in [0.2, 0.25) is 11.8 Å². The molecular formula is C39H59N5O9. The molecule has 1 saturated carbocycles. The van der Waals surface area contributed by atoms with Gasteiger partial charge in [-0.3, -0.25) is 19.7 Å². The Kier molecular flexibility index (Phi) is 13.1. The zero-order valence-electron chi connectivity index (χ0n) is 32.9. The summed E-state index contributed by atoms with van der Waals surface area (Å²) in [6.07, 6.45) is 2.67. The highest BCUT2D eigenvalue weighted by atomic mass is 16.6. The number of benzene rings is 1. The maximum atomic E-state index is 14.1. The molecule has 0 bridgehead atoms. The first kappa shape index (κ1) is 41.4. The number of hydrogen-bond acceptors (Lipinski definition) is 10. The first-order valence-electron chi connectivity index (χ1n) is 18.9. The predicted octanol–water partition coefficient (Wildman–Crippen LogP) is 6.68. The number of piperidine rings is 1. The number of carbonyl (C=O) groups is 6. The maximum absolute atomic E-state index is 14.1. The van der Waals surface area contributed by atoms with Crippen LogP contribution in [0.5, 0.6) is 0 Å². The molecule has 2 aliphatic heterocycles. The summed E-state index contributed by atoms with van der Waals surface area (Å²) in [7, 11) is 0. The molecular weight excluding hydrogens is 682 g/mol. The lowest BCUT2D eigenvalue weighted by atomic mass is 9.76. The molecule has 2 heterocycles. The summed E-state index contributed by atoms with van der Waals surface area (Å²) in [5, 5.41) is 8.82. The lowest BCUT2D eigenvalue weighted by Gasteiger charge is -2.41. The molecule has 1 aromatic rings. The van der Waals surface area contributed by atoms with Gasteiger partial charge in [-0.2, -0.15) is 0 Å². The molecule has 1 aliphatic carbocycles. The summed E-state index contributed by atoms with van der Waals surface area (Å²) in [6, 6.07) is 4.37. The number of imide groups is 2. The third-order valence-corrected chi connectivity index (χ3v) is 9.34. The normalized spacial score (nSPS) is 22.1. The first-order chi connectivity index (χ1) is 24.6. The Bertz CT molecular complexity index is 1500. The number of nitrogens with one attached hydrogen (secondary N) is 3. The minimum absolute atomic E-state index is 0.0440. The average molecular weight is 742 g/mol. The van der Waals surface area contributed by atoms with Crippen LogP contribution in [-0.2, 0) is 23.8 Å². The van der Waals surface area contributed by atoms with Crippen molar-refractivity contribution in [1.29, 1.82) is 0 Å². The van der Waals surface area contributed by atoms with Crippen molar-refractivity contribution in [3.63, 3.8) is 0 Å². The minimum Gasteiger partial charge on any atom is -0.444 e. The van der Waals surface area contributed by atoms with E-state index in [2.05, 4.69) is 16.0 Å². The SMILES string of the molecule is CC(C)(C)OC(=O)NCC1CCC([C@H]2c3c(NCCCCN(C(=O)OC(C)(C)C)C(=O)OC(C)(C)C)cccc3C(=O)N2[C@H]2CCC(=O)NC2=O)CC1. The summed E-state index contributed by atoms with van der Waals surface area (Å²) in [6.45, 7) is 16.9. The molecule has 6 amide bonds. The van der Waals surface area contributed by atoms with Crippen molar-refractivity contribution in [2.45, 2.75) is 143 Å². The number of alkyl carbamates (subject to hydrolysis) is 1. The highest BCUT2D eigenvalue weighted by molar-refractivity contribution is 6.06.